The van der Waals surface area contributed by atoms with Crippen molar-refractivity contribution in [2.75, 3.05) is 0 Å². The molecule has 12 heavy (non-hydrogen) atoms. The van der Waals surface area contributed by atoms with Crippen molar-refractivity contribution in [2.45, 2.75) is 0 Å². The molecule has 2 aromatic heterocycles. The highest BCUT2D eigenvalue weighted by Gasteiger charge is 2.07. The summed E-state index contributed by atoms with van der Waals surface area (Å²) in [6.07, 6.45) is 3.36. The lowest BCUT2D eigenvalue weighted by atomic mass is 10.4. The lowest BCUT2D eigenvalue weighted by molar-refractivity contribution is 0.909. The molecule has 5 nitrogen and oxygen atoms in total. The third-order valence-corrected chi connectivity index (χ3v) is 1.67. The predicted molar refractivity (Wildman–Crippen MR) is 43.6 cm³/mol. The van der Waals surface area contributed by atoms with Crippen LogP contribution in [-0.2, 0) is 7.05 Å². The van der Waals surface area contributed by atoms with Crippen molar-refractivity contribution in [1.29, 1.82) is 0 Å². The van der Waals surface area contributed by atoms with Gasteiger partial charge in [-0.1, -0.05) is 0 Å². The standard InChI is InChI=1S/C6H6ClN5/c1-12-3-8-2-4(12)5-9-6(7)11-10-5/h2-3H,1H3,(H,9,10,11). The van der Waals surface area contributed by atoms with Gasteiger partial charge in [-0.05, 0) is 11.6 Å². The number of aromatic nitrogens is 5. The Balaban J connectivity index is 2.50. The SMILES string of the molecule is Cn1cncc1-c1n[nH]c(Cl)n1. The Hall–Kier alpha value is -1.36. The fraction of sp³-hybridized carbons (Fsp3) is 0.167. The van der Waals surface area contributed by atoms with Crippen LogP contribution >= 0.6 is 11.6 Å². The third kappa shape index (κ3) is 1.08. The van der Waals surface area contributed by atoms with E-state index in [2.05, 4.69) is 20.2 Å². The molecule has 0 aliphatic rings. The number of aromatic amines is 1. The van der Waals surface area contributed by atoms with Crippen molar-refractivity contribution in [2.24, 2.45) is 7.05 Å². The van der Waals surface area contributed by atoms with Gasteiger partial charge in [-0.25, -0.2) is 10.1 Å². The van der Waals surface area contributed by atoms with Crippen molar-refractivity contribution in [3.8, 4) is 11.5 Å². The van der Waals surface area contributed by atoms with Crippen LogP contribution in [0.3, 0.4) is 0 Å². The molecule has 0 aliphatic heterocycles. The van der Waals surface area contributed by atoms with E-state index in [-0.39, 0.29) is 5.28 Å². The number of aryl methyl sites for hydroxylation is 1. The van der Waals surface area contributed by atoms with Crippen LogP contribution in [0.5, 0.6) is 0 Å². The smallest absolute Gasteiger partial charge is 0.218 e. The van der Waals surface area contributed by atoms with E-state index in [1.165, 1.54) is 0 Å². The van der Waals surface area contributed by atoms with Gasteiger partial charge in [-0.15, -0.1) is 0 Å². The molecule has 0 aromatic carbocycles. The van der Waals surface area contributed by atoms with Crippen LogP contribution < -0.4 is 0 Å². The van der Waals surface area contributed by atoms with Gasteiger partial charge in [-0.3, -0.25) is 0 Å². The van der Waals surface area contributed by atoms with Crippen LogP contribution in [0.2, 0.25) is 5.28 Å². The molecule has 0 amide bonds. The topological polar surface area (TPSA) is 59.4 Å². The van der Waals surface area contributed by atoms with Gasteiger partial charge in [0.05, 0.1) is 12.5 Å². The van der Waals surface area contributed by atoms with Gasteiger partial charge < -0.3 is 4.57 Å². The summed E-state index contributed by atoms with van der Waals surface area (Å²) < 4.78 is 1.82. The number of hydrogen-bond donors (Lipinski definition) is 1. The van der Waals surface area contributed by atoms with E-state index >= 15 is 0 Å². The molecular formula is C6H6ClN5. The molecule has 0 aliphatic carbocycles. The molecule has 1 N–H and O–H groups in total. The molecule has 0 spiro atoms. The van der Waals surface area contributed by atoms with Gasteiger partial charge in [0, 0.05) is 7.05 Å². The van der Waals surface area contributed by atoms with Gasteiger partial charge in [0.2, 0.25) is 5.28 Å². The molecule has 2 aromatic rings. The molecule has 0 radical (unpaired) electrons. The van der Waals surface area contributed by atoms with Gasteiger partial charge in [0.15, 0.2) is 5.82 Å². The first-order valence-electron chi connectivity index (χ1n) is 3.32. The molecule has 0 atom stereocenters. The summed E-state index contributed by atoms with van der Waals surface area (Å²) in [5.41, 5.74) is 0.832. The quantitative estimate of drug-likeness (QED) is 0.714. The number of hydrogen-bond acceptors (Lipinski definition) is 3. The van der Waals surface area contributed by atoms with E-state index in [1.807, 2.05) is 11.6 Å². The second-order valence-electron chi connectivity index (χ2n) is 2.34. The van der Waals surface area contributed by atoms with Crippen LogP contribution in [-0.4, -0.2) is 24.7 Å². The first kappa shape index (κ1) is 7.30. The lowest BCUT2D eigenvalue weighted by Crippen LogP contribution is -1.90. The van der Waals surface area contributed by atoms with Crippen molar-refractivity contribution in [3.63, 3.8) is 0 Å². The zero-order chi connectivity index (χ0) is 8.55. The molecule has 6 heteroatoms. The highest BCUT2D eigenvalue weighted by Crippen LogP contribution is 2.13. The summed E-state index contributed by atoms with van der Waals surface area (Å²) in [6, 6.07) is 0. The van der Waals surface area contributed by atoms with Gasteiger partial charge >= 0.3 is 0 Å². The highest BCUT2D eigenvalue weighted by atomic mass is 35.5. The molecule has 0 unspecified atom stereocenters. The van der Waals surface area contributed by atoms with Gasteiger partial charge in [0.25, 0.3) is 0 Å². The predicted octanol–water partition coefficient (Wildman–Crippen LogP) is 0.859. The summed E-state index contributed by atoms with van der Waals surface area (Å²) in [4.78, 5) is 7.89. The molecule has 2 rings (SSSR count). The monoisotopic (exact) mass is 183 g/mol. The van der Waals surface area contributed by atoms with E-state index in [9.17, 15) is 0 Å². The fourth-order valence-corrected chi connectivity index (χ4v) is 1.05. The largest absolute Gasteiger partial charge is 0.331 e. The van der Waals surface area contributed by atoms with E-state index in [0.29, 0.717) is 5.82 Å². The molecular weight excluding hydrogens is 178 g/mol. The number of halogens is 1. The summed E-state index contributed by atoms with van der Waals surface area (Å²) in [7, 11) is 1.87. The average molecular weight is 184 g/mol. The number of nitrogens with zero attached hydrogens (tertiary/aromatic N) is 4. The Kier molecular flexibility index (Phi) is 1.58. The second-order valence-corrected chi connectivity index (χ2v) is 2.70. The summed E-state index contributed by atoms with van der Waals surface area (Å²) >= 11 is 5.57. The van der Waals surface area contributed by atoms with E-state index in [0.717, 1.165) is 5.69 Å². The van der Waals surface area contributed by atoms with Crippen LogP contribution in [0.4, 0.5) is 0 Å². The van der Waals surface area contributed by atoms with Crippen LogP contribution in [0.1, 0.15) is 0 Å². The van der Waals surface area contributed by atoms with Crippen molar-refractivity contribution >= 4 is 11.6 Å². The van der Waals surface area contributed by atoms with Crippen molar-refractivity contribution < 1.29 is 0 Å². The molecule has 0 bridgehead atoms. The van der Waals surface area contributed by atoms with E-state index < -0.39 is 0 Å². The Morgan fingerprint density at radius 3 is 2.92 bits per heavy atom. The summed E-state index contributed by atoms with van der Waals surface area (Å²) in [5, 5.41) is 6.72. The van der Waals surface area contributed by atoms with E-state index in [4.69, 9.17) is 11.6 Å². The Bertz CT molecular complexity index is 390. The summed E-state index contributed by atoms with van der Waals surface area (Å²) in [5.74, 6) is 0.556. The van der Waals surface area contributed by atoms with Crippen molar-refractivity contribution in [1.82, 2.24) is 24.7 Å². The van der Waals surface area contributed by atoms with Gasteiger partial charge in [-0.2, -0.15) is 10.1 Å². The maximum atomic E-state index is 5.57. The zero-order valence-corrected chi connectivity index (χ0v) is 7.08. The molecule has 2 heterocycles. The maximum Gasteiger partial charge on any atom is 0.218 e. The van der Waals surface area contributed by atoms with Crippen molar-refractivity contribution in [3.05, 3.63) is 17.8 Å². The Morgan fingerprint density at radius 1 is 1.58 bits per heavy atom. The van der Waals surface area contributed by atoms with Crippen LogP contribution in [0.25, 0.3) is 11.5 Å². The number of rotatable bonds is 1. The minimum atomic E-state index is 0.284. The lowest BCUT2D eigenvalue weighted by Gasteiger charge is -1.93. The molecule has 0 saturated heterocycles. The van der Waals surface area contributed by atoms with Crippen LogP contribution in [0, 0.1) is 0 Å². The fourth-order valence-electron chi connectivity index (χ4n) is 0.929. The Labute approximate surface area is 73.4 Å². The number of imidazole rings is 1. The van der Waals surface area contributed by atoms with Crippen LogP contribution in [0.15, 0.2) is 12.5 Å². The maximum absolute atomic E-state index is 5.57. The molecule has 62 valence electrons. The third-order valence-electron chi connectivity index (χ3n) is 1.50. The normalized spacial score (nSPS) is 10.5. The number of nitrogens with one attached hydrogen (secondary N) is 1. The minimum absolute atomic E-state index is 0.284. The molecule has 0 fully saturated rings. The minimum Gasteiger partial charge on any atom is -0.331 e. The Morgan fingerprint density at radius 2 is 2.42 bits per heavy atom. The summed E-state index contributed by atoms with van der Waals surface area (Å²) in [6.45, 7) is 0. The first-order valence-corrected chi connectivity index (χ1v) is 3.70. The number of H-pyrrole nitrogens is 1. The second kappa shape index (κ2) is 2.60. The van der Waals surface area contributed by atoms with E-state index in [1.54, 1.807) is 12.5 Å². The highest BCUT2D eigenvalue weighted by molar-refractivity contribution is 6.28. The first-order chi connectivity index (χ1) is 5.77. The molecule has 0 saturated carbocycles. The van der Waals surface area contributed by atoms with Gasteiger partial charge in [0.1, 0.15) is 5.69 Å². The zero-order valence-electron chi connectivity index (χ0n) is 6.32. The average Bonchev–Trinajstić information content (AvgIpc) is 2.58.